The Morgan fingerprint density at radius 3 is 2.59 bits per heavy atom. The summed E-state index contributed by atoms with van der Waals surface area (Å²) in [7, 11) is 0. The van der Waals surface area contributed by atoms with Gasteiger partial charge in [0.15, 0.2) is 0 Å². The minimum atomic E-state index is -0.764. The fourth-order valence-corrected chi connectivity index (χ4v) is 4.30. The summed E-state index contributed by atoms with van der Waals surface area (Å²) < 4.78 is 5.93. The van der Waals surface area contributed by atoms with Crippen LogP contribution in [0.25, 0.3) is 0 Å². The molecule has 0 heterocycles. The largest absolute Gasteiger partial charge is 0.491 e. The predicted octanol–water partition coefficient (Wildman–Crippen LogP) is 3.23. The molecule has 2 saturated carbocycles. The Morgan fingerprint density at radius 2 is 2.00 bits per heavy atom. The fourth-order valence-electron chi connectivity index (χ4n) is 4.30. The number of hydrogen-bond donors (Lipinski definition) is 2. The molecule has 3 heteroatoms. The number of hydrogen-bond acceptors (Lipinski definition) is 3. The second-order valence-electron chi connectivity index (χ2n) is 7.52. The van der Waals surface area contributed by atoms with Crippen molar-refractivity contribution >= 4 is 0 Å². The van der Waals surface area contributed by atoms with E-state index in [2.05, 4.69) is 19.2 Å². The van der Waals surface area contributed by atoms with Crippen molar-refractivity contribution in [3.8, 4) is 5.75 Å². The SMILES string of the molecule is CC(C)NCC(O)(COc1ccccc1)C1CC2CCC1C2. The summed E-state index contributed by atoms with van der Waals surface area (Å²) in [6.07, 6.45) is 5.11. The van der Waals surface area contributed by atoms with Crippen LogP contribution in [-0.4, -0.2) is 29.9 Å². The van der Waals surface area contributed by atoms with E-state index in [1.165, 1.54) is 25.7 Å². The molecule has 2 N–H and O–H groups in total. The molecule has 0 spiro atoms. The smallest absolute Gasteiger partial charge is 0.119 e. The third-order valence-corrected chi connectivity index (χ3v) is 5.48. The Labute approximate surface area is 134 Å². The van der Waals surface area contributed by atoms with Crippen LogP contribution in [0, 0.1) is 17.8 Å². The number of fused-ring (bicyclic) bond motifs is 2. The van der Waals surface area contributed by atoms with Crippen LogP contribution < -0.4 is 10.1 Å². The summed E-state index contributed by atoms with van der Waals surface area (Å²) in [5.41, 5.74) is -0.764. The van der Waals surface area contributed by atoms with Gasteiger partial charge in [0.25, 0.3) is 0 Å². The van der Waals surface area contributed by atoms with Gasteiger partial charge in [0.05, 0.1) is 0 Å². The molecule has 0 saturated heterocycles. The van der Waals surface area contributed by atoms with Gasteiger partial charge in [-0.15, -0.1) is 0 Å². The van der Waals surface area contributed by atoms with E-state index >= 15 is 0 Å². The second kappa shape index (κ2) is 6.59. The lowest BCUT2D eigenvalue weighted by atomic mass is 9.76. The monoisotopic (exact) mass is 303 g/mol. The van der Waals surface area contributed by atoms with Gasteiger partial charge in [-0.2, -0.15) is 0 Å². The van der Waals surface area contributed by atoms with Crippen LogP contribution >= 0.6 is 0 Å². The Hall–Kier alpha value is -1.06. The van der Waals surface area contributed by atoms with Crippen LogP contribution in [0.15, 0.2) is 30.3 Å². The fraction of sp³-hybridized carbons (Fsp3) is 0.684. The van der Waals surface area contributed by atoms with E-state index in [4.69, 9.17) is 4.74 Å². The number of nitrogens with one attached hydrogen (secondary N) is 1. The van der Waals surface area contributed by atoms with Gasteiger partial charge in [0.1, 0.15) is 18.0 Å². The van der Waals surface area contributed by atoms with Crippen molar-refractivity contribution in [1.29, 1.82) is 0 Å². The molecule has 122 valence electrons. The maximum Gasteiger partial charge on any atom is 0.119 e. The highest BCUT2D eigenvalue weighted by Crippen LogP contribution is 2.52. The van der Waals surface area contributed by atoms with Crippen molar-refractivity contribution in [2.45, 2.75) is 51.2 Å². The van der Waals surface area contributed by atoms with Gasteiger partial charge in [-0.3, -0.25) is 0 Å². The molecule has 4 unspecified atom stereocenters. The third kappa shape index (κ3) is 3.47. The summed E-state index contributed by atoms with van der Waals surface area (Å²) in [6, 6.07) is 10.2. The van der Waals surface area contributed by atoms with E-state index in [1.807, 2.05) is 30.3 Å². The molecule has 2 aliphatic rings. The molecular weight excluding hydrogens is 274 g/mol. The van der Waals surface area contributed by atoms with Crippen LogP contribution in [0.2, 0.25) is 0 Å². The molecule has 1 aromatic rings. The first-order chi connectivity index (χ1) is 10.6. The van der Waals surface area contributed by atoms with Gasteiger partial charge < -0.3 is 15.2 Å². The van der Waals surface area contributed by atoms with E-state index < -0.39 is 5.60 Å². The zero-order valence-electron chi connectivity index (χ0n) is 13.8. The Morgan fingerprint density at radius 1 is 1.23 bits per heavy atom. The highest BCUT2D eigenvalue weighted by atomic mass is 16.5. The summed E-state index contributed by atoms with van der Waals surface area (Å²) in [4.78, 5) is 0. The molecule has 22 heavy (non-hydrogen) atoms. The lowest BCUT2D eigenvalue weighted by Gasteiger charge is -2.39. The Balaban J connectivity index is 1.68. The van der Waals surface area contributed by atoms with Crippen LogP contribution in [0.3, 0.4) is 0 Å². The van der Waals surface area contributed by atoms with Gasteiger partial charge in [0, 0.05) is 12.6 Å². The van der Waals surface area contributed by atoms with Crippen LogP contribution in [-0.2, 0) is 0 Å². The summed E-state index contributed by atoms with van der Waals surface area (Å²) in [5.74, 6) is 2.73. The van der Waals surface area contributed by atoms with Gasteiger partial charge >= 0.3 is 0 Å². The summed E-state index contributed by atoms with van der Waals surface area (Å²) in [6.45, 7) is 5.24. The zero-order chi connectivity index (χ0) is 15.6. The number of benzene rings is 1. The third-order valence-electron chi connectivity index (χ3n) is 5.48. The number of rotatable bonds is 7. The number of ether oxygens (including phenoxy) is 1. The van der Waals surface area contributed by atoms with Gasteiger partial charge in [-0.1, -0.05) is 38.5 Å². The van der Waals surface area contributed by atoms with Gasteiger partial charge in [-0.25, -0.2) is 0 Å². The quantitative estimate of drug-likeness (QED) is 0.812. The van der Waals surface area contributed by atoms with Gasteiger partial charge in [0.2, 0.25) is 0 Å². The number of para-hydroxylation sites is 1. The zero-order valence-corrected chi connectivity index (χ0v) is 13.8. The van der Waals surface area contributed by atoms with Crippen molar-refractivity contribution in [3.05, 3.63) is 30.3 Å². The first-order valence-electron chi connectivity index (χ1n) is 8.70. The number of aliphatic hydroxyl groups is 1. The van der Waals surface area contributed by atoms with Crippen molar-refractivity contribution < 1.29 is 9.84 Å². The van der Waals surface area contributed by atoms with Crippen LogP contribution in [0.5, 0.6) is 5.75 Å². The minimum absolute atomic E-state index is 0.376. The topological polar surface area (TPSA) is 41.5 Å². The van der Waals surface area contributed by atoms with Crippen molar-refractivity contribution in [1.82, 2.24) is 5.32 Å². The lowest BCUT2D eigenvalue weighted by molar-refractivity contribution is -0.0709. The molecule has 3 nitrogen and oxygen atoms in total. The van der Waals surface area contributed by atoms with Crippen molar-refractivity contribution in [3.63, 3.8) is 0 Å². The summed E-state index contributed by atoms with van der Waals surface area (Å²) in [5, 5.41) is 14.8. The van der Waals surface area contributed by atoms with E-state index in [0.29, 0.717) is 31.0 Å². The van der Waals surface area contributed by atoms with Gasteiger partial charge in [-0.05, 0) is 49.1 Å². The molecule has 1 aromatic carbocycles. The standard InChI is InChI=1S/C19H29NO2/c1-14(2)20-12-19(21,13-22-17-6-4-3-5-7-17)18-11-15-8-9-16(18)10-15/h3-7,14-16,18,20-21H,8-13H2,1-2H3. The molecule has 2 fully saturated rings. The molecular formula is C19H29NO2. The molecule has 0 aromatic heterocycles. The second-order valence-corrected chi connectivity index (χ2v) is 7.52. The molecule has 3 rings (SSSR count). The average Bonchev–Trinajstić information content (AvgIpc) is 3.15. The molecule has 0 amide bonds. The minimum Gasteiger partial charge on any atom is -0.491 e. The maximum absolute atomic E-state index is 11.4. The van der Waals surface area contributed by atoms with E-state index in [0.717, 1.165) is 11.7 Å². The van der Waals surface area contributed by atoms with Crippen LogP contribution in [0.4, 0.5) is 0 Å². The first kappa shape index (κ1) is 15.8. The van der Waals surface area contributed by atoms with Crippen molar-refractivity contribution in [2.75, 3.05) is 13.2 Å². The Kier molecular flexibility index (Phi) is 4.74. The van der Waals surface area contributed by atoms with Crippen molar-refractivity contribution in [2.24, 2.45) is 17.8 Å². The van der Waals surface area contributed by atoms with Crippen LogP contribution in [0.1, 0.15) is 39.5 Å². The maximum atomic E-state index is 11.4. The van der Waals surface area contributed by atoms with E-state index in [9.17, 15) is 5.11 Å². The molecule has 4 atom stereocenters. The molecule has 2 aliphatic carbocycles. The average molecular weight is 303 g/mol. The summed E-state index contributed by atoms with van der Waals surface area (Å²) >= 11 is 0. The normalized spacial score (nSPS) is 29.7. The Bertz CT molecular complexity index is 476. The molecule has 0 aliphatic heterocycles. The molecule has 2 bridgehead atoms. The molecule has 0 radical (unpaired) electrons. The highest BCUT2D eigenvalue weighted by Gasteiger charge is 2.50. The highest BCUT2D eigenvalue weighted by molar-refractivity contribution is 5.21. The van der Waals surface area contributed by atoms with E-state index in [1.54, 1.807) is 0 Å². The predicted molar refractivity (Wildman–Crippen MR) is 89.0 cm³/mol. The lowest BCUT2D eigenvalue weighted by Crippen LogP contribution is -2.54. The first-order valence-corrected chi connectivity index (χ1v) is 8.70. The van der Waals surface area contributed by atoms with E-state index in [-0.39, 0.29) is 0 Å².